The molecule has 1 fully saturated rings. The second-order valence-corrected chi connectivity index (χ2v) is 8.50. The van der Waals surface area contributed by atoms with Crippen molar-refractivity contribution in [2.75, 3.05) is 18.5 Å². The molecular formula is C24H19ClN6O3. The Morgan fingerprint density at radius 2 is 2.03 bits per heavy atom. The van der Waals surface area contributed by atoms with Gasteiger partial charge in [0.25, 0.3) is 5.91 Å². The second-order valence-electron chi connectivity index (χ2n) is 8.09. The Morgan fingerprint density at radius 1 is 1.15 bits per heavy atom. The highest BCUT2D eigenvalue weighted by atomic mass is 35.5. The summed E-state index contributed by atoms with van der Waals surface area (Å²) in [6, 6.07) is 15.2. The SMILES string of the molecule is O=C(Nc1cnn(Cc2ccccc2Cl)c1)c1cc(-c2cccc3cn(C4COC4)nc23)on1. The van der Waals surface area contributed by atoms with Crippen molar-refractivity contribution in [2.24, 2.45) is 0 Å². The van der Waals surface area contributed by atoms with Crippen molar-refractivity contribution in [1.29, 1.82) is 0 Å². The standard InChI is InChI=1S/C24H19ClN6O3/c25-20-7-2-1-4-15(20)10-30-12-17(9-26-30)27-24(32)21-8-22(34-29-21)19-6-3-5-16-11-31(28-23(16)19)18-13-33-14-18/h1-9,11-12,18H,10,13-14H2,(H,27,32). The smallest absolute Gasteiger partial charge is 0.277 e. The molecule has 6 rings (SSSR count). The lowest BCUT2D eigenvalue weighted by Crippen LogP contribution is -2.30. The maximum absolute atomic E-state index is 12.8. The molecule has 9 nitrogen and oxygen atoms in total. The third kappa shape index (κ3) is 3.85. The first-order chi connectivity index (χ1) is 16.6. The molecule has 10 heteroatoms. The number of hydrogen-bond donors (Lipinski definition) is 1. The van der Waals surface area contributed by atoms with Gasteiger partial charge < -0.3 is 14.6 Å². The highest BCUT2D eigenvalue weighted by Gasteiger charge is 2.23. The van der Waals surface area contributed by atoms with Crippen molar-refractivity contribution in [1.82, 2.24) is 24.7 Å². The summed E-state index contributed by atoms with van der Waals surface area (Å²) in [5.74, 6) is 0.0805. The van der Waals surface area contributed by atoms with Crippen LogP contribution in [0.15, 0.2) is 71.6 Å². The van der Waals surface area contributed by atoms with Crippen LogP contribution in [0.4, 0.5) is 5.69 Å². The number of nitrogens with zero attached hydrogens (tertiary/aromatic N) is 5. The van der Waals surface area contributed by atoms with Crippen molar-refractivity contribution in [2.45, 2.75) is 12.6 Å². The minimum Gasteiger partial charge on any atom is -0.377 e. The summed E-state index contributed by atoms with van der Waals surface area (Å²) in [4.78, 5) is 12.8. The van der Waals surface area contributed by atoms with Crippen LogP contribution in [0.1, 0.15) is 22.1 Å². The van der Waals surface area contributed by atoms with Gasteiger partial charge in [0.05, 0.1) is 37.7 Å². The lowest BCUT2D eigenvalue weighted by Gasteiger charge is -2.25. The van der Waals surface area contributed by atoms with E-state index in [0.29, 0.717) is 36.2 Å². The number of fused-ring (bicyclic) bond motifs is 1. The predicted molar refractivity (Wildman–Crippen MR) is 126 cm³/mol. The van der Waals surface area contributed by atoms with Crippen LogP contribution < -0.4 is 5.32 Å². The van der Waals surface area contributed by atoms with Crippen LogP contribution in [0.5, 0.6) is 0 Å². The van der Waals surface area contributed by atoms with E-state index in [-0.39, 0.29) is 11.7 Å². The average Bonchev–Trinajstić information content (AvgIpc) is 3.53. The molecular weight excluding hydrogens is 456 g/mol. The molecule has 0 aliphatic carbocycles. The van der Waals surface area contributed by atoms with Crippen molar-refractivity contribution in [3.8, 4) is 11.3 Å². The van der Waals surface area contributed by atoms with Gasteiger partial charge in [0.1, 0.15) is 5.52 Å². The number of halogens is 1. The van der Waals surface area contributed by atoms with E-state index >= 15 is 0 Å². The number of anilines is 1. The lowest BCUT2D eigenvalue weighted by molar-refractivity contribution is -0.0283. The van der Waals surface area contributed by atoms with E-state index in [9.17, 15) is 4.79 Å². The number of carbonyl (C=O) groups is 1. The Balaban J connectivity index is 1.19. The molecule has 1 aliphatic rings. The van der Waals surface area contributed by atoms with E-state index in [4.69, 9.17) is 26.0 Å². The zero-order chi connectivity index (χ0) is 23.1. The monoisotopic (exact) mass is 474 g/mol. The Kier molecular flexibility index (Phi) is 5.12. The summed E-state index contributed by atoms with van der Waals surface area (Å²) in [5, 5.41) is 17.4. The third-order valence-electron chi connectivity index (χ3n) is 5.74. The molecule has 34 heavy (non-hydrogen) atoms. The quantitative estimate of drug-likeness (QED) is 0.391. The maximum atomic E-state index is 12.8. The van der Waals surface area contributed by atoms with Gasteiger partial charge in [0.15, 0.2) is 11.5 Å². The van der Waals surface area contributed by atoms with Crippen LogP contribution in [0.3, 0.4) is 0 Å². The number of nitrogens with one attached hydrogen (secondary N) is 1. The third-order valence-corrected chi connectivity index (χ3v) is 6.11. The minimum atomic E-state index is -0.392. The van der Waals surface area contributed by atoms with E-state index in [0.717, 1.165) is 22.0 Å². The molecule has 0 spiro atoms. The van der Waals surface area contributed by atoms with Crippen LogP contribution in [0, 0.1) is 0 Å². The number of ether oxygens (including phenoxy) is 1. The van der Waals surface area contributed by atoms with Gasteiger partial charge >= 0.3 is 0 Å². The summed E-state index contributed by atoms with van der Waals surface area (Å²) < 4.78 is 14.4. The Morgan fingerprint density at radius 3 is 2.85 bits per heavy atom. The van der Waals surface area contributed by atoms with Crippen molar-refractivity contribution in [3.05, 3.63) is 83.4 Å². The summed E-state index contributed by atoms with van der Waals surface area (Å²) in [6.45, 7) is 1.81. The van der Waals surface area contributed by atoms with Gasteiger partial charge in [-0.2, -0.15) is 10.2 Å². The number of benzene rings is 2. The molecule has 5 aromatic rings. The number of amides is 1. The molecule has 170 valence electrons. The molecule has 0 radical (unpaired) electrons. The van der Waals surface area contributed by atoms with Gasteiger partial charge in [-0.05, 0) is 17.7 Å². The number of hydrogen-bond acceptors (Lipinski definition) is 6. The van der Waals surface area contributed by atoms with Crippen molar-refractivity contribution < 1.29 is 14.1 Å². The molecule has 2 aromatic carbocycles. The molecule has 0 unspecified atom stereocenters. The minimum absolute atomic E-state index is 0.165. The van der Waals surface area contributed by atoms with Gasteiger partial charge in [0.2, 0.25) is 0 Å². The molecule has 1 saturated heterocycles. The fourth-order valence-electron chi connectivity index (χ4n) is 3.85. The van der Waals surface area contributed by atoms with Crippen LogP contribution in [-0.2, 0) is 11.3 Å². The summed E-state index contributed by atoms with van der Waals surface area (Å²) in [5.41, 5.74) is 3.21. The maximum Gasteiger partial charge on any atom is 0.277 e. The van der Waals surface area contributed by atoms with Gasteiger partial charge in [-0.25, -0.2) is 0 Å². The topological polar surface area (TPSA) is 100 Å². The Hall–Kier alpha value is -3.95. The Labute approximate surface area is 198 Å². The van der Waals surface area contributed by atoms with E-state index in [1.54, 1.807) is 23.1 Å². The van der Waals surface area contributed by atoms with Gasteiger partial charge in [0, 0.05) is 34.4 Å². The molecule has 0 atom stereocenters. The summed E-state index contributed by atoms with van der Waals surface area (Å²) in [7, 11) is 0. The molecule has 0 bridgehead atoms. The predicted octanol–water partition coefficient (Wildman–Crippen LogP) is 4.41. The average molecular weight is 475 g/mol. The fraction of sp³-hybridized carbons (Fsp3) is 0.167. The highest BCUT2D eigenvalue weighted by Crippen LogP contribution is 2.30. The second kappa shape index (κ2) is 8.44. The highest BCUT2D eigenvalue weighted by molar-refractivity contribution is 6.31. The van der Waals surface area contributed by atoms with Crippen molar-refractivity contribution in [3.63, 3.8) is 0 Å². The van der Waals surface area contributed by atoms with E-state index in [1.807, 2.05) is 53.3 Å². The van der Waals surface area contributed by atoms with Crippen LogP contribution in [-0.4, -0.2) is 43.8 Å². The van der Waals surface area contributed by atoms with Crippen LogP contribution in [0.2, 0.25) is 5.02 Å². The zero-order valence-corrected chi connectivity index (χ0v) is 18.6. The molecule has 0 saturated carbocycles. The van der Waals surface area contributed by atoms with E-state index in [1.165, 1.54) is 0 Å². The summed E-state index contributed by atoms with van der Waals surface area (Å²) >= 11 is 6.22. The van der Waals surface area contributed by atoms with Gasteiger partial charge in [-0.15, -0.1) is 0 Å². The molecule has 3 aromatic heterocycles. The Bertz CT molecular complexity index is 1500. The summed E-state index contributed by atoms with van der Waals surface area (Å²) in [6.07, 6.45) is 5.31. The first-order valence-electron chi connectivity index (χ1n) is 10.7. The zero-order valence-electron chi connectivity index (χ0n) is 17.9. The van der Waals surface area contributed by atoms with Gasteiger partial charge in [-0.3, -0.25) is 14.2 Å². The van der Waals surface area contributed by atoms with E-state index in [2.05, 4.69) is 15.6 Å². The van der Waals surface area contributed by atoms with E-state index < -0.39 is 5.91 Å². The lowest BCUT2D eigenvalue weighted by atomic mass is 10.1. The normalized spacial score (nSPS) is 13.8. The van der Waals surface area contributed by atoms with Crippen molar-refractivity contribution >= 4 is 34.1 Å². The van der Waals surface area contributed by atoms with Gasteiger partial charge in [-0.1, -0.05) is 47.1 Å². The number of aromatic nitrogens is 5. The largest absolute Gasteiger partial charge is 0.377 e. The molecule has 1 amide bonds. The fourth-order valence-corrected chi connectivity index (χ4v) is 4.04. The molecule has 1 aliphatic heterocycles. The van der Waals surface area contributed by atoms with Crippen LogP contribution in [0.25, 0.3) is 22.2 Å². The first kappa shape index (κ1) is 20.6. The number of rotatable bonds is 6. The number of carbonyl (C=O) groups excluding carboxylic acids is 1. The van der Waals surface area contributed by atoms with Crippen LogP contribution >= 0.6 is 11.6 Å². The molecule has 4 heterocycles. The first-order valence-corrected chi connectivity index (χ1v) is 11.1. The molecule has 1 N–H and O–H groups in total.